The van der Waals surface area contributed by atoms with Crippen LogP contribution < -0.4 is 0 Å². The molecule has 8 rings (SSSR count). The van der Waals surface area contributed by atoms with Gasteiger partial charge in [-0.3, -0.25) is 14.4 Å². The van der Waals surface area contributed by atoms with Gasteiger partial charge in [-0.25, -0.2) is 4.39 Å². The van der Waals surface area contributed by atoms with E-state index in [1.807, 2.05) is 39.0 Å². The van der Waals surface area contributed by atoms with Gasteiger partial charge in [0.15, 0.2) is 11.4 Å². The Morgan fingerprint density at radius 1 is 1.04 bits per heavy atom. The lowest BCUT2D eigenvalue weighted by molar-refractivity contribution is -0.178. The zero-order chi connectivity index (χ0) is 39.6. The summed E-state index contributed by atoms with van der Waals surface area (Å²) in [4.78, 5) is 44.5. The number of hydrogen-bond donors (Lipinski definition) is 2. The van der Waals surface area contributed by atoms with Crippen LogP contribution in [-0.4, -0.2) is 75.9 Å². The van der Waals surface area contributed by atoms with Crippen molar-refractivity contribution in [1.82, 2.24) is 4.90 Å². The topological polar surface area (TPSA) is 113 Å². The minimum absolute atomic E-state index is 0.0197. The van der Waals surface area contributed by atoms with E-state index < -0.39 is 39.4 Å². The molecular weight excluding hydrogens is 721 g/mol. The highest BCUT2D eigenvalue weighted by Gasteiger charge is 2.76. The van der Waals surface area contributed by atoms with E-state index in [9.17, 15) is 19.8 Å². The predicted octanol–water partition coefficient (Wildman–Crippen LogP) is 8.07. The number of amides is 1. The molecule has 2 aromatic carbocycles. The predicted molar refractivity (Wildman–Crippen MR) is 208 cm³/mol. The molecule has 4 aliphatic carbocycles. The molecule has 2 aliphatic heterocycles. The minimum atomic E-state index is -1.39. The quantitative estimate of drug-likeness (QED) is 0.158. The molecule has 55 heavy (non-hydrogen) atoms. The second-order valence-electron chi connectivity index (χ2n) is 18.2. The van der Waals surface area contributed by atoms with Gasteiger partial charge in [0.05, 0.1) is 29.8 Å². The van der Waals surface area contributed by atoms with Crippen LogP contribution in [0.4, 0.5) is 4.39 Å². The van der Waals surface area contributed by atoms with Gasteiger partial charge in [-0.2, -0.15) is 0 Å². The molecule has 7 atom stereocenters. The minimum Gasteiger partial charge on any atom is -0.448 e. The van der Waals surface area contributed by atoms with E-state index in [-0.39, 0.29) is 59.8 Å². The first-order chi connectivity index (χ1) is 25.9. The van der Waals surface area contributed by atoms with E-state index in [4.69, 9.17) is 21.1 Å². The fourth-order valence-corrected chi connectivity index (χ4v) is 11.0. The number of rotatable bonds is 8. The lowest BCUT2D eigenvalue weighted by Gasteiger charge is -2.48. The standard InChI is InChI=1S/C45H57ClFNO7/c1-28-9-7-18-42(4)35(32-16-14-29(23-30(49)15-13-28)24-33(32)38(50)25-34-36(46)11-6-12-37(34)47)17-19-44(42,53)27-48(26-31-10-8-22-54-31)39(51)45-21-20-43(5,40(52)55-45)41(45,2)3/h6,9,11-12,14,16,24,30-31,35,49,53H,7-8,10,13,15,17-23,25-27H2,1-5H3. The first-order valence-corrected chi connectivity index (χ1v) is 20.6. The Bertz CT molecular complexity index is 1870. The maximum atomic E-state index is 15.1. The van der Waals surface area contributed by atoms with Crippen LogP contribution in [0, 0.1) is 22.1 Å². The second-order valence-corrected chi connectivity index (χ2v) is 18.6. The number of fused-ring (bicyclic) bond motifs is 10. The summed E-state index contributed by atoms with van der Waals surface area (Å²) in [6, 6.07) is 10.1. The van der Waals surface area contributed by atoms with Crippen LogP contribution in [0.3, 0.4) is 0 Å². The molecule has 1 amide bonds. The molecule has 7 unspecified atom stereocenters. The van der Waals surface area contributed by atoms with Crippen molar-refractivity contribution < 1.29 is 38.5 Å². The molecule has 10 heteroatoms. The molecule has 2 N–H and O–H groups in total. The summed E-state index contributed by atoms with van der Waals surface area (Å²) in [5.74, 6) is -1.76. The molecule has 4 fully saturated rings. The molecule has 0 radical (unpaired) electrons. The van der Waals surface area contributed by atoms with Crippen LogP contribution in [-0.2, 0) is 31.9 Å². The fraction of sp³-hybridized carbons (Fsp3) is 0.622. The number of ether oxygens (including phenoxy) is 2. The second kappa shape index (κ2) is 14.7. The highest BCUT2D eigenvalue weighted by Crippen LogP contribution is 2.66. The molecule has 2 heterocycles. The number of aliphatic hydroxyl groups excluding tert-OH is 1. The van der Waals surface area contributed by atoms with Gasteiger partial charge >= 0.3 is 5.97 Å². The van der Waals surface area contributed by atoms with E-state index in [1.165, 1.54) is 12.1 Å². The number of aliphatic hydroxyl groups is 2. The van der Waals surface area contributed by atoms with Crippen molar-refractivity contribution in [2.45, 2.75) is 141 Å². The van der Waals surface area contributed by atoms with E-state index in [2.05, 4.69) is 19.9 Å². The molecule has 6 aliphatic rings. The summed E-state index contributed by atoms with van der Waals surface area (Å²) >= 11 is 6.41. The molecule has 0 spiro atoms. The number of ketones is 1. The highest BCUT2D eigenvalue weighted by atomic mass is 35.5. The Labute approximate surface area is 329 Å². The van der Waals surface area contributed by atoms with E-state index >= 15 is 9.18 Å². The maximum Gasteiger partial charge on any atom is 0.313 e. The van der Waals surface area contributed by atoms with Crippen LogP contribution >= 0.6 is 11.6 Å². The number of halogens is 2. The SMILES string of the molecule is CC1=CCCC2(C)C(CCC2(O)CN(CC2CCCO2)C(=O)C23CCC(C)(C(=O)O2)C3(C)C)c2ccc(cc2C(=O)Cc2c(F)cccc2Cl)CC(O)CC1. The molecule has 2 saturated heterocycles. The third kappa shape index (κ3) is 6.69. The molecule has 298 valence electrons. The maximum absolute atomic E-state index is 15.1. The summed E-state index contributed by atoms with van der Waals surface area (Å²) < 4.78 is 27.2. The van der Waals surface area contributed by atoms with E-state index in [1.54, 1.807) is 11.0 Å². The molecule has 4 bridgehead atoms. The van der Waals surface area contributed by atoms with Crippen molar-refractivity contribution in [2.24, 2.45) is 16.2 Å². The van der Waals surface area contributed by atoms with E-state index in [0.717, 1.165) is 29.5 Å². The summed E-state index contributed by atoms with van der Waals surface area (Å²) in [5.41, 5.74) is -1.80. The van der Waals surface area contributed by atoms with Gasteiger partial charge in [-0.1, -0.05) is 62.2 Å². The number of allylic oxidation sites excluding steroid dienone is 2. The van der Waals surface area contributed by atoms with Gasteiger partial charge < -0.3 is 24.6 Å². The lowest BCUT2D eigenvalue weighted by atomic mass is 9.64. The molecular formula is C45H57ClFNO7. The van der Waals surface area contributed by atoms with Gasteiger partial charge in [-0.05, 0) is 120 Å². The van der Waals surface area contributed by atoms with Crippen molar-refractivity contribution in [3.63, 3.8) is 0 Å². The third-order valence-electron chi connectivity index (χ3n) is 15.0. The Hall–Kier alpha value is -3.11. The van der Waals surface area contributed by atoms with Crippen molar-refractivity contribution in [3.8, 4) is 0 Å². The fourth-order valence-electron chi connectivity index (χ4n) is 10.7. The molecule has 2 aromatic rings. The molecule has 0 aromatic heterocycles. The van der Waals surface area contributed by atoms with Gasteiger partial charge in [-0.15, -0.1) is 0 Å². The summed E-state index contributed by atoms with van der Waals surface area (Å²) in [6.07, 6.45) is 7.55. The van der Waals surface area contributed by atoms with Gasteiger partial charge in [0.25, 0.3) is 5.91 Å². The Morgan fingerprint density at radius 2 is 1.82 bits per heavy atom. The van der Waals surface area contributed by atoms with Gasteiger partial charge in [0.2, 0.25) is 0 Å². The number of carbonyl (C=O) groups excluding carboxylic acids is 3. The van der Waals surface area contributed by atoms with Crippen molar-refractivity contribution in [2.75, 3.05) is 19.7 Å². The van der Waals surface area contributed by atoms with E-state index in [0.29, 0.717) is 70.0 Å². The summed E-state index contributed by atoms with van der Waals surface area (Å²) in [6.45, 7) is 10.9. The van der Waals surface area contributed by atoms with Gasteiger partial charge in [0.1, 0.15) is 5.82 Å². The normalized spacial score (nSPS) is 34.2. The Kier molecular flexibility index (Phi) is 10.7. The van der Waals surface area contributed by atoms with Crippen molar-refractivity contribution in [1.29, 1.82) is 0 Å². The van der Waals surface area contributed by atoms with Crippen molar-refractivity contribution >= 4 is 29.3 Å². The smallest absolute Gasteiger partial charge is 0.313 e. The van der Waals surface area contributed by atoms with Crippen LogP contribution in [0.5, 0.6) is 0 Å². The van der Waals surface area contributed by atoms with Crippen LogP contribution in [0.1, 0.15) is 132 Å². The number of esters is 1. The number of carbonyl (C=O) groups is 3. The van der Waals surface area contributed by atoms with Crippen LogP contribution in [0.25, 0.3) is 0 Å². The number of Topliss-reactive ketones (excluding diaryl/α,β-unsaturated/α-hetero) is 1. The van der Waals surface area contributed by atoms with Crippen molar-refractivity contribution in [3.05, 3.63) is 81.1 Å². The summed E-state index contributed by atoms with van der Waals surface area (Å²) in [5, 5.41) is 24.4. The van der Waals surface area contributed by atoms with Gasteiger partial charge in [0, 0.05) is 46.6 Å². The first-order valence-electron chi connectivity index (χ1n) is 20.2. The Morgan fingerprint density at radius 3 is 2.49 bits per heavy atom. The number of benzene rings is 2. The monoisotopic (exact) mass is 777 g/mol. The zero-order valence-electron chi connectivity index (χ0n) is 33.0. The third-order valence-corrected chi connectivity index (χ3v) is 15.3. The first kappa shape index (κ1) is 40.1. The number of hydrogen-bond acceptors (Lipinski definition) is 7. The molecule has 2 saturated carbocycles. The zero-order valence-corrected chi connectivity index (χ0v) is 33.8. The average molecular weight is 778 g/mol. The average Bonchev–Trinajstić information content (AvgIpc) is 3.82. The lowest BCUT2D eigenvalue weighted by Crippen LogP contribution is -2.61. The summed E-state index contributed by atoms with van der Waals surface area (Å²) in [7, 11) is 0. The molecule has 8 nitrogen and oxygen atoms in total. The number of nitrogens with zero attached hydrogens (tertiary/aromatic N) is 1. The Balaban J connectivity index is 1.30. The highest BCUT2D eigenvalue weighted by molar-refractivity contribution is 6.31. The van der Waals surface area contributed by atoms with Crippen LogP contribution in [0.2, 0.25) is 5.02 Å². The van der Waals surface area contributed by atoms with Crippen LogP contribution in [0.15, 0.2) is 48.0 Å². The largest absolute Gasteiger partial charge is 0.448 e.